The molecule has 50 heavy (non-hydrogen) atoms. The number of rotatable bonds is 2. The molecule has 4 heterocycles. The lowest BCUT2D eigenvalue weighted by molar-refractivity contribution is 0.489. The fourth-order valence-corrected chi connectivity index (χ4v) is 9.74. The number of benzene rings is 6. The van der Waals surface area contributed by atoms with Gasteiger partial charge in [-0.05, 0) is 85.8 Å². The summed E-state index contributed by atoms with van der Waals surface area (Å²) >= 11 is 1.94. The highest BCUT2D eigenvalue weighted by Gasteiger charge is 2.43. The molecule has 0 saturated heterocycles. The van der Waals surface area contributed by atoms with E-state index in [1.54, 1.807) is 0 Å². The molecule has 2 aromatic heterocycles. The predicted molar refractivity (Wildman–Crippen MR) is 216 cm³/mol. The lowest BCUT2D eigenvalue weighted by atomic mass is 9.32. The molecule has 2 nitrogen and oxygen atoms in total. The molecule has 10 rings (SSSR count). The monoisotopic (exact) mass is 663 g/mol. The van der Waals surface area contributed by atoms with Gasteiger partial charge in [0.15, 0.2) is 0 Å². The number of para-hydroxylation sites is 2. The van der Waals surface area contributed by atoms with Crippen LogP contribution in [-0.2, 0) is 10.8 Å². The summed E-state index contributed by atoms with van der Waals surface area (Å²) in [5, 5.41) is 3.79. The smallest absolute Gasteiger partial charge is 0.252 e. The quantitative estimate of drug-likeness (QED) is 0.168. The zero-order valence-electron chi connectivity index (χ0n) is 29.4. The van der Waals surface area contributed by atoms with E-state index in [0.717, 1.165) is 17.2 Å². The number of ether oxygens (including phenoxy) is 1. The summed E-state index contributed by atoms with van der Waals surface area (Å²) in [5.41, 5.74) is 14.0. The van der Waals surface area contributed by atoms with E-state index >= 15 is 0 Å². The maximum Gasteiger partial charge on any atom is 0.252 e. The van der Waals surface area contributed by atoms with Crippen molar-refractivity contribution in [3.05, 3.63) is 132 Å². The Morgan fingerprint density at radius 3 is 2.04 bits per heavy atom. The van der Waals surface area contributed by atoms with Crippen molar-refractivity contribution in [2.75, 3.05) is 0 Å². The van der Waals surface area contributed by atoms with Crippen LogP contribution in [0, 0.1) is 0 Å². The molecule has 0 spiro atoms. The Morgan fingerprint density at radius 2 is 1.30 bits per heavy atom. The summed E-state index contributed by atoms with van der Waals surface area (Å²) in [4.78, 5) is 1.34. The molecule has 0 amide bonds. The third-order valence-corrected chi connectivity index (χ3v) is 12.1. The van der Waals surface area contributed by atoms with Gasteiger partial charge in [-0.1, -0.05) is 132 Å². The van der Waals surface area contributed by atoms with Gasteiger partial charge in [0.1, 0.15) is 11.5 Å². The van der Waals surface area contributed by atoms with Crippen LogP contribution in [0.4, 0.5) is 0 Å². The molecular weight excluding hydrogens is 625 g/mol. The van der Waals surface area contributed by atoms with E-state index in [4.69, 9.17) is 4.74 Å². The molecule has 2 aliphatic rings. The molecular formula is C46H38BNOS. The van der Waals surface area contributed by atoms with Gasteiger partial charge >= 0.3 is 0 Å². The van der Waals surface area contributed by atoms with E-state index in [-0.39, 0.29) is 17.5 Å². The number of hydrogen-bond donors (Lipinski definition) is 0. The van der Waals surface area contributed by atoms with E-state index < -0.39 is 0 Å². The first kappa shape index (κ1) is 29.8. The number of nitrogens with zero attached hydrogens (tertiary/aromatic N) is 1. The van der Waals surface area contributed by atoms with Crippen molar-refractivity contribution in [3.8, 4) is 38.8 Å². The van der Waals surface area contributed by atoms with E-state index in [0.29, 0.717) is 0 Å². The molecule has 0 bridgehead atoms. The Labute approximate surface area is 298 Å². The van der Waals surface area contributed by atoms with Crippen molar-refractivity contribution in [1.82, 2.24) is 4.57 Å². The van der Waals surface area contributed by atoms with E-state index in [1.165, 1.54) is 81.0 Å². The summed E-state index contributed by atoms with van der Waals surface area (Å²) < 4.78 is 11.1. The summed E-state index contributed by atoms with van der Waals surface area (Å²) in [6.45, 7) is 14.0. The predicted octanol–water partition coefficient (Wildman–Crippen LogP) is 10.9. The van der Waals surface area contributed by atoms with Crippen LogP contribution in [-0.4, -0.2) is 11.3 Å². The number of fused-ring (bicyclic) bond motifs is 8. The highest BCUT2D eigenvalue weighted by atomic mass is 32.1. The second kappa shape index (κ2) is 10.2. The van der Waals surface area contributed by atoms with Gasteiger partial charge in [-0.2, -0.15) is 0 Å². The Kier molecular flexibility index (Phi) is 6.11. The fourth-order valence-electron chi connectivity index (χ4n) is 8.44. The molecule has 0 saturated carbocycles. The van der Waals surface area contributed by atoms with Gasteiger partial charge < -0.3 is 9.30 Å². The van der Waals surface area contributed by atoms with Crippen LogP contribution in [0.5, 0.6) is 11.5 Å². The van der Waals surface area contributed by atoms with Crippen LogP contribution < -0.4 is 21.1 Å². The minimum atomic E-state index is -0.0571. The van der Waals surface area contributed by atoms with Gasteiger partial charge in [0.25, 0.3) is 6.71 Å². The molecule has 4 heteroatoms. The average molecular weight is 664 g/mol. The molecule has 8 aromatic rings. The van der Waals surface area contributed by atoms with Gasteiger partial charge in [-0.3, -0.25) is 0 Å². The minimum Gasteiger partial charge on any atom is -0.458 e. The molecule has 0 radical (unpaired) electrons. The minimum absolute atomic E-state index is 0.00199. The van der Waals surface area contributed by atoms with Crippen LogP contribution in [0.1, 0.15) is 52.7 Å². The average Bonchev–Trinajstić information content (AvgIpc) is 3.67. The lowest BCUT2D eigenvalue weighted by Crippen LogP contribution is -2.57. The topological polar surface area (TPSA) is 14.2 Å². The van der Waals surface area contributed by atoms with E-state index in [2.05, 4.69) is 167 Å². The van der Waals surface area contributed by atoms with Crippen LogP contribution in [0.2, 0.25) is 0 Å². The van der Waals surface area contributed by atoms with Crippen LogP contribution in [0.25, 0.3) is 59.1 Å². The lowest BCUT2D eigenvalue weighted by Gasteiger charge is -2.35. The van der Waals surface area contributed by atoms with Crippen molar-refractivity contribution >= 4 is 66.3 Å². The highest BCUT2D eigenvalue weighted by molar-refractivity contribution is 7.23. The highest BCUT2D eigenvalue weighted by Crippen LogP contribution is 2.50. The molecule has 0 N–H and O–H groups in total. The van der Waals surface area contributed by atoms with Crippen LogP contribution >= 0.6 is 11.3 Å². The Bertz CT molecular complexity index is 2690. The summed E-state index contributed by atoms with van der Waals surface area (Å²) in [5.74, 6) is 1.97. The molecule has 0 atom stereocenters. The van der Waals surface area contributed by atoms with Gasteiger partial charge in [-0.15, -0.1) is 11.3 Å². The Morgan fingerprint density at radius 1 is 0.620 bits per heavy atom. The largest absolute Gasteiger partial charge is 0.458 e. The van der Waals surface area contributed by atoms with Gasteiger partial charge in [0, 0.05) is 26.2 Å². The zero-order chi connectivity index (χ0) is 34.1. The Hall–Kier alpha value is -5.06. The third-order valence-electron chi connectivity index (χ3n) is 11.0. The summed E-state index contributed by atoms with van der Waals surface area (Å²) in [6, 6.07) is 45.0. The van der Waals surface area contributed by atoms with Crippen LogP contribution in [0.3, 0.4) is 0 Å². The molecule has 0 aliphatic carbocycles. The van der Waals surface area contributed by atoms with E-state index in [9.17, 15) is 0 Å². The first-order valence-corrected chi connectivity index (χ1v) is 18.5. The van der Waals surface area contributed by atoms with E-state index in [1.807, 2.05) is 11.3 Å². The molecule has 2 aliphatic heterocycles. The standard InChI is InChI=1S/C46H38BNOS/c1-45(2,3)28-23-32-40-41-34(24-29(46(4,5)6)26-38(41)50-44(40)27-15-9-7-10-16-27)47-33-21-22-36-39(43(33)49-37(25-28)42(32)47)31-19-13-14-20-35(31)48(36)30-17-11-8-12-18-30/h7-26H,1-6H3. The summed E-state index contributed by atoms with van der Waals surface area (Å²) in [6.07, 6.45) is 0. The number of thiophene rings is 1. The van der Waals surface area contributed by atoms with Gasteiger partial charge in [-0.25, -0.2) is 0 Å². The number of hydrogen-bond acceptors (Lipinski definition) is 2. The van der Waals surface area contributed by atoms with Crippen LogP contribution in [0.15, 0.2) is 121 Å². The van der Waals surface area contributed by atoms with Crippen molar-refractivity contribution in [1.29, 1.82) is 0 Å². The van der Waals surface area contributed by atoms with Crippen molar-refractivity contribution in [2.45, 2.75) is 52.4 Å². The van der Waals surface area contributed by atoms with Gasteiger partial charge in [0.05, 0.1) is 16.4 Å². The first-order valence-electron chi connectivity index (χ1n) is 17.7. The maximum atomic E-state index is 7.35. The van der Waals surface area contributed by atoms with Gasteiger partial charge in [0.2, 0.25) is 0 Å². The maximum absolute atomic E-state index is 7.35. The second-order valence-electron chi connectivity index (χ2n) is 16.1. The van der Waals surface area contributed by atoms with Crippen molar-refractivity contribution in [2.24, 2.45) is 0 Å². The Balaban J connectivity index is 1.37. The molecule has 6 aromatic carbocycles. The van der Waals surface area contributed by atoms with Crippen molar-refractivity contribution in [3.63, 3.8) is 0 Å². The summed E-state index contributed by atoms with van der Waals surface area (Å²) in [7, 11) is 0. The van der Waals surface area contributed by atoms with Crippen molar-refractivity contribution < 1.29 is 4.74 Å². The number of aromatic nitrogens is 1. The normalized spacial score (nSPS) is 13.5. The SMILES string of the molecule is CC(C)(C)c1cc2c3c(c1)-c1c(-c4ccccc4)sc4cc(C(C)(C)C)cc(c14)B3c1ccc3c(c1O2)c1ccccc1n3-c1ccccc1. The third kappa shape index (κ3) is 4.15. The zero-order valence-corrected chi connectivity index (χ0v) is 30.2. The second-order valence-corrected chi connectivity index (χ2v) is 17.2. The molecule has 0 fully saturated rings. The molecule has 242 valence electrons. The first-order chi connectivity index (χ1) is 24.1. The molecule has 0 unspecified atom stereocenters. The fraction of sp³-hybridized carbons (Fsp3) is 0.174.